The van der Waals surface area contributed by atoms with E-state index in [-0.39, 0.29) is 17.5 Å². The van der Waals surface area contributed by atoms with Gasteiger partial charge in [-0.1, -0.05) is 43.2 Å². The third-order valence-corrected chi connectivity index (χ3v) is 5.24. The van der Waals surface area contributed by atoms with Crippen molar-refractivity contribution in [2.45, 2.75) is 37.3 Å². The van der Waals surface area contributed by atoms with Gasteiger partial charge in [0.05, 0.1) is 11.3 Å². The molecular weight excluding hydrogens is 341 g/mol. The van der Waals surface area contributed by atoms with E-state index >= 15 is 0 Å². The summed E-state index contributed by atoms with van der Waals surface area (Å²) in [7, 11) is 0. The van der Waals surface area contributed by atoms with E-state index in [2.05, 4.69) is 10.2 Å². The maximum absolute atomic E-state index is 13.9. The predicted octanol–water partition coefficient (Wildman–Crippen LogP) is 2.68. The molecule has 0 aliphatic carbocycles. The van der Waals surface area contributed by atoms with Crippen LogP contribution in [0.25, 0.3) is 11.4 Å². The molecule has 1 amide bonds. The van der Waals surface area contributed by atoms with E-state index in [1.165, 1.54) is 41.8 Å². The molecule has 8 heteroatoms. The molecule has 0 bridgehead atoms. The van der Waals surface area contributed by atoms with Crippen LogP contribution in [0.15, 0.2) is 29.4 Å². The maximum Gasteiger partial charge on any atom is 0.233 e. The second kappa shape index (κ2) is 8.33. The Morgan fingerprint density at radius 2 is 1.80 bits per heavy atom. The topological polar surface area (TPSA) is 77.0 Å². The number of nitrogen functional groups attached to an aromatic ring is 1. The van der Waals surface area contributed by atoms with Gasteiger partial charge in [-0.15, -0.1) is 10.2 Å². The fourth-order valence-corrected chi connectivity index (χ4v) is 3.68. The molecule has 25 heavy (non-hydrogen) atoms. The molecule has 3 rings (SSSR count). The molecule has 2 heterocycles. The molecule has 1 saturated heterocycles. The van der Waals surface area contributed by atoms with Crippen molar-refractivity contribution < 1.29 is 9.18 Å². The number of likely N-dealkylation sites (tertiary alicyclic amines) is 1. The van der Waals surface area contributed by atoms with E-state index in [1.54, 1.807) is 18.2 Å². The first-order valence-corrected chi connectivity index (χ1v) is 9.51. The fraction of sp³-hybridized carbons (Fsp3) is 0.471. The van der Waals surface area contributed by atoms with Crippen molar-refractivity contribution in [3.8, 4) is 11.4 Å². The molecule has 134 valence electrons. The summed E-state index contributed by atoms with van der Waals surface area (Å²) in [5.41, 5.74) is 0.291. The SMILES string of the molecule is Nn1c(SCC(=O)N2CCCCCCC2)nnc1-c1ccccc1F. The molecule has 0 spiro atoms. The molecule has 1 aliphatic heterocycles. The van der Waals surface area contributed by atoms with Gasteiger partial charge in [0.2, 0.25) is 11.1 Å². The third kappa shape index (κ3) is 4.31. The Bertz CT molecular complexity index is 728. The van der Waals surface area contributed by atoms with E-state index < -0.39 is 5.82 Å². The van der Waals surface area contributed by atoms with Crippen LogP contribution in [0.1, 0.15) is 32.1 Å². The highest BCUT2D eigenvalue weighted by Gasteiger charge is 2.19. The van der Waals surface area contributed by atoms with Gasteiger partial charge in [-0.05, 0) is 25.0 Å². The minimum absolute atomic E-state index is 0.0855. The summed E-state index contributed by atoms with van der Waals surface area (Å²) >= 11 is 1.23. The zero-order valence-electron chi connectivity index (χ0n) is 14.0. The summed E-state index contributed by atoms with van der Waals surface area (Å²) in [5, 5.41) is 8.37. The first-order chi connectivity index (χ1) is 12.2. The van der Waals surface area contributed by atoms with Crippen molar-refractivity contribution in [3.63, 3.8) is 0 Å². The summed E-state index contributed by atoms with van der Waals surface area (Å²) in [4.78, 5) is 14.3. The van der Waals surface area contributed by atoms with Crippen molar-refractivity contribution in [2.24, 2.45) is 0 Å². The van der Waals surface area contributed by atoms with Crippen LogP contribution in [0, 0.1) is 5.82 Å². The van der Waals surface area contributed by atoms with Crippen molar-refractivity contribution in [2.75, 3.05) is 24.7 Å². The summed E-state index contributed by atoms with van der Waals surface area (Å²) in [6.07, 6.45) is 5.73. The van der Waals surface area contributed by atoms with Crippen LogP contribution in [0.3, 0.4) is 0 Å². The molecule has 0 unspecified atom stereocenters. The minimum Gasteiger partial charge on any atom is -0.342 e. The van der Waals surface area contributed by atoms with Crippen LogP contribution >= 0.6 is 11.8 Å². The number of hydrogen-bond donors (Lipinski definition) is 1. The van der Waals surface area contributed by atoms with Gasteiger partial charge in [0.25, 0.3) is 0 Å². The molecule has 2 N–H and O–H groups in total. The number of rotatable bonds is 4. The molecule has 6 nitrogen and oxygen atoms in total. The van der Waals surface area contributed by atoms with E-state index in [1.807, 2.05) is 4.90 Å². The molecule has 0 saturated carbocycles. The van der Waals surface area contributed by atoms with Crippen LogP contribution in [-0.4, -0.2) is 44.5 Å². The van der Waals surface area contributed by atoms with Crippen molar-refractivity contribution in [1.29, 1.82) is 0 Å². The van der Waals surface area contributed by atoms with Crippen molar-refractivity contribution in [3.05, 3.63) is 30.1 Å². The Kier molecular flexibility index (Phi) is 5.91. The zero-order valence-corrected chi connectivity index (χ0v) is 14.8. The fourth-order valence-electron chi connectivity index (χ4n) is 2.92. The van der Waals surface area contributed by atoms with Gasteiger partial charge in [-0.25, -0.2) is 9.07 Å². The molecule has 1 aromatic heterocycles. The minimum atomic E-state index is -0.408. The van der Waals surface area contributed by atoms with Crippen molar-refractivity contribution in [1.82, 2.24) is 19.8 Å². The number of halogens is 1. The van der Waals surface area contributed by atoms with E-state index in [0.29, 0.717) is 10.7 Å². The lowest BCUT2D eigenvalue weighted by Crippen LogP contribution is -2.35. The second-order valence-corrected chi connectivity index (χ2v) is 7.04. The normalized spacial score (nSPS) is 15.6. The average Bonchev–Trinajstić information content (AvgIpc) is 2.93. The largest absolute Gasteiger partial charge is 0.342 e. The smallest absolute Gasteiger partial charge is 0.233 e. The van der Waals surface area contributed by atoms with Crippen LogP contribution in [-0.2, 0) is 4.79 Å². The number of hydrogen-bond acceptors (Lipinski definition) is 5. The number of thioether (sulfide) groups is 1. The highest BCUT2D eigenvalue weighted by molar-refractivity contribution is 7.99. The van der Waals surface area contributed by atoms with Gasteiger partial charge in [-0.3, -0.25) is 4.79 Å². The molecule has 1 aliphatic rings. The Labute approximate surface area is 150 Å². The third-order valence-electron chi connectivity index (χ3n) is 4.31. The standard InChI is InChI=1S/C17H22FN5OS/c18-14-9-5-4-8-13(14)16-20-21-17(23(16)19)25-12-15(24)22-10-6-2-1-3-7-11-22/h4-5,8-9H,1-3,6-7,10-12,19H2. The lowest BCUT2D eigenvalue weighted by atomic mass is 10.1. The van der Waals surface area contributed by atoms with Gasteiger partial charge in [0, 0.05) is 13.1 Å². The molecule has 0 atom stereocenters. The van der Waals surface area contributed by atoms with Gasteiger partial charge in [-0.2, -0.15) is 0 Å². The first kappa shape index (κ1) is 17.7. The zero-order chi connectivity index (χ0) is 17.6. The molecule has 0 radical (unpaired) electrons. The van der Waals surface area contributed by atoms with E-state index in [4.69, 9.17) is 5.84 Å². The van der Waals surface area contributed by atoms with E-state index in [0.717, 1.165) is 25.9 Å². The quantitative estimate of drug-likeness (QED) is 0.667. The predicted molar refractivity (Wildman–Crippen MR) is 96.0 cm³/mol. The number of carbonyl (C=O) groups excluding carboxylic acids is 1. The Morgan fingerprint density at radius 1 is 1.12 bits per heavy atom. The van der Waals surface area contributed by atoms with Crippen molar-refractivity contribution >= 4 is 17.7 Å². The monoisotopic (exact) mass is 363 g/mol. The maximum atomic E-state index is 13.9. The molecule has 1 fully saturated rings. The van der Waals surface area contributed by atoms with E-state index in [9.17, 15) is 9.18 Å². The lowest BCUT2D eigenvalue weighted by molar-refractivity contribution is -0.128. The highest BCUT2D eigenvalue weighted by Crippen LogP contribution is 2.24. The van der Waals surface area contributed by atoms with Gasteiger partial charge >= 0.3 is 0 Å². The second-order valence-electron chi connectivity index (χ2n) is 6.09. The molecule has 2 aromatic rings. The Morgan fingerprint density at radius 3 is 2.52 bits per heavy atom. The molecule has 1 aromatic carbocycles. The van der Waals surface area contributed by atoms with Crippen LogP contribution in [0.4, 0.5) is 4.39 Å². The number of benzene rings is 1. The van der Waals surface area contributed by atoms with Crippen LogP contribution < -0.4 is 5.84 Å². The summed E-state index contributed by atoms with van der Waals surface area (Å²) in [6, 6.07) is 6.27. The highest BCUT2D eigenvalue weighted by atomic mass is 32.2. The average molecular weight is 363 g/mol. The van der Waals surface area contributed by atoms with Crippen LogP contribution in [0.2, 0.25) is 0 Å². The number of nitrogens with two attached hydrogens (primary N) is 1. The number of carbonyl (C=O) groups is 1. The van der Waals surface area contributed by atoms with Gasteiger partial charge < -0.3 is 10.7 Å². The first-order valence-electron chi connectivity index (χ1n) is 8.53. The summed E-state index contributed by atoms with van der Waals surface area (Å²) in [5.74, 6) is 6.18. The summed E-state index contributed by atoms with van der Waals surface area (Å²) < 4.78 is 15.1. The summed E-state index contributed by atoms with van der Waals surface area (Å²) in [6.45, 7) is 1.63. The number of amides is 1. The van der Waals surface area contributed by atoms with Gasteiger partial charge in [0.1, 0.15) is 5.82 Å². The van der Waals surface area contributed by atoms with Crippen LogP contribution in [0.5, 0.6) is 0 Å². The number of aromatic nitrogens is 3. The Balaban J connectivity index is 1.64. The Hall–Kier alpha value is -2.09. The molecular formula is C17H22FN5OS. The van der Waals surface area contributed by atoms with Gasteiger partial charge in [0.15, 0.2) is 5.82 Å². The lowest BCUT2D eigenvalue weighted by Gasteiger charge is -2.24. The number of nitrogens with zero attached hydrogens (tertiary/aromatic N) is 4.